The van der Waals surface area contributed by atoms with Crippen LogP contribution in [-0.2, 0) is 19.5 Å². The van der Waals surface area contributed by atoms with Gasteiger partial charge in [0.15, 0.2) is 0 Å². The van der Waals surface area contributed by atoms with Crippen LogP contribution in [0, 0.1) is 6.92 Å². The Balaban J connectivity index is 1.28. The van der Waals surface area contributed by atoms with Gasteiger partial charge in [-0.1, -0.05) is 96.6 Å². The maximum atomic E-state index is 13.2. The van der Waals surface area contributed by atoms with E-state index in [-0.39, 0.29) is 11.9 Å². The van der Waals surface area contributed by atoms with Crippen molar-refractivity contribution in [1.29, 1.82) is 0 Å². The van der Waals surface area contributed by atoms with Crippen LogP contribution in [0.3, 0.4) is 0 Å². The predicted molar refractivity (Wildman–Crippen MR) is 138 cm³/mol. The molecule has 0 spiro atoms. The van der Waals surface area contributed by atoms with Crippen molar-refractivity contribution in [3.05, 3.63) is 142 Å². The van der Waals surface area contributed by atoms with Crippen LogP contribution < -0.4 is 5.32 Å². The third-order valence-corrected chi connectivity index (χ3v) is 6.65. The van der Waals surface area contributed by atoms with Crippen molar-refractivity contribution in [3.63, 3.8) is 0 Å². The van der Waals surface area contributed by atoms with E-state index in [1.807, 2.05) is 30.3 Å². The van der Waals surface area contributed by atoms with E-state index in [0.29, 0.717) is 5.56 Å². The average molecular weight is 447 g/mol. The van der Waals surface area contributed by atoms with Crippen LogP contribution in [0.4, 0.5) is 0 Å². The van der Waals surface area contributed by atoms with Crippen LogP contribution in [0.25, 0.3) is 0 Å². The zero-order valence-corrected chi connectivity index (χ0v) is 19.6. The van der Waals surface area contributed by atoms with Crippen molar-refractivity contribution < 1.29 is 4.79 Å². The number of nitrogens with zero attached hydrogens (tertiary/aromatic N) is 1. The Morgan fingerprint density at radius 1 is 0.794 bits per heavy atom. The van der Waals surface area contributed by atoms with Gasteiger partial charge in [0.1, 0.15) is 0 Å². The Bertz CT molecular complexity index is 1250. The minimum atomic E-state index is -0.192. The molecule has 34 heavy (non-hydrogen) atoms. The van der Waals surface area contributed by atoms with Crippen molar-refractivity contribution >= 4 is 5.91 Å². The maximum absolute atomic E-state index is 13.2. The van der Waals surface area contributed by atoms with Gasteiger partial charge in [0.25, 0.3) is 5.91 Å². The van der Waals surface area contributed by atoms with Gasteiger partial charge in [0.2, 0.25) is 0 Å². The molecule has 0 aliphatic carbocycles. The average Bonchev–Trinajstić information content (AvgIpc) is 2.89. The molecule has 3 heteroatoms. The van der Waals surface area contributed by atoms with Crippen molar-refractivity contribution in [2.75, 3.05) is 6.54 Å². The molecule has 1 heterocycles. The SMILES string of the molecule is Cc1ccc([C@@H](NC(=O)c2ccc(CN3CCc4ccccc4C3)cc2)c2ccccc2)cc1. The van der Waals surface area contributed by atoms with Crippen molar-refractivity contribution in [2.24, 2.45) is 0 Å². The largest absolute Gasteiger partial charge is 0.341 e. The van der Waals surface area contributed by atoms with E-state index in [2.05, 4.69) is 89.9 Å². The highest BCUT2D eigenvalue weighted by atomic mass is 16.1. The smallest absolute Gasteiger partial charge is 0.252 e. The van der Waals surface area contributed by atoms with Gasteiger partial charge in [-0.25, -0.2) is 0 Å². The Hall–Kier alpha value is -3.69. The molecule has 0 aromatic heterocycles. The number of fused-ring (bicyclic) bond motifs is 1. The molecule has 1 aliphatic heterocycles. The first kappa shape index (κ1) is 22.1. The van der Waals surface area contributed by atoms with E-state index in [9.17, 15) is 4.79 Å². The van der Waals surface area contributed by atoms with Gasteiger partial charge in [-0.15, -0.1) is 0 Å². The number of amides is 1. The molecular weight excluding hydrogens is 416 g/mol. The first-order valence-electron chi connectivity index (χ1n) is 12.0. The summed E-state index contributed by atoms with van der Waals surface area (Å²) in [5.41, 5.74) is 8.15. The Morgan fingerprint density at radius 3 is 2.18 bits per heavy atom. The van der Waals surface area contributed by atoms with E-state index in [4.69, 9.17) is 0 Å². The van der Waals surface area contributed by atoms with Crippen LogP contribution in [-0.4, -0.2) is 17.4 Å². The zero-order chi connectivity index (χ0) is 23.3. The van der Waals surface area contributed by atoms with E-state index in [1.165, 1.54) is 22.3 Å². The molecule has 0 saturated heterocycles. The van der Waals surface area contributed by atoms with Crippen LogP contribution in [0.5, 0.6) is 0 Å². The lowest BCUT2D eigenvalue weighted by atomic mass is 9.97. The van der Waals surface area contributed by atoms with Gasteiger partial charge in [0, 0.05) is 25.2 Å². The van der Waals surface area contributed by atoms with Crippen LogP contribution in [0.2, 0.25) is 0 Å². The summed E-state index contributed by atoms with van der Waals surface area (Å²) in [6.07, 6.45) is 1.09. The molecule has 0 radical (unpaired) electrons. The molecule has 0 saturated carbocycles. The van der Waals surface area contributed by atoms with Crippen LogP contribution in [0.15, 0.2) is 103 Å². The summed E-state index contributed by atoms with van der Waals surface area (Å²) in [7, 11) is 0. The van der Waals surface area contributed by atoms with Crippen LogP contribution in [0.1, 0.15) is 49.8 Å². The molecule has 4 aromatic carbocycles. The molecule has 5 rings (SSSR count). The second-order valence-electron chi connectivity index (χ2n) is 9.15. The molecule has 0 unspecified atom stereocenters. The number of benzene rings is 4. The first-order valence-corrected chi connectivity index (χ1v) is 12.0. The quantitative estimate of drug-likeness (QED) is 0.390. The maximum Gasteiger partial charge on any atom is 0.252 e. The fourth-order valence-corrected chi connectivity index (χ4v) is 4.69. The van der Waals surface area contributed by atoms with Gasteiger partial charge < -0.3 is 5.32 Å². The van der Waals surface area contributed by atoms with Crippen LogP contribution >= 0.6 is 0 Å². The van der Waals surface area contributed by atoms with Gasteiger partial charge >= 0.3 is 0 Å². The molecule has 3 nitrogen and oxygen atoms in total. The summed E-state index contributed by atoms with van der Waals surface area (Å²) in [4.78, 5) is 15.7. The normalized spacial score (nSPS) is 14.3. The van der Waals surface area contributed by atoms with Gasteiger partial charge in [-0.05, 0) is 53.3 Å². The standard InChI is InChI=1S/C31H30N2O/c1-23-11-15-27(16-12-23)30(26-8-3-2-4-9-26)32-31(34)28-17-13-24(14-18-28)21-33-20-19-25-7-5-6-10-29(25)22-33/h2-18,30H,19-22H2,1H3,(H,32,34)/t30-/m0/s1. The molecule has 0 bridgehead atoms. The molecule has 170 valence electrons. The zero-order valence-electron chi connectivity index (χ0n) is 19.6. The van der Waals surface area contributed by atoms with Crippen molar-refractivity contribution in [2.45, 2.75) is 32.5 Å². The number of carbonyl (C=O) groups excluding carboxylic acids is 1. The molecule has 4 aromatic rings. The summed E-state index contributed by atoms with van der Waals surface area (Å²) < 4.78 is 0. The minimum absolute atomic E-state index is 0.0622. The number of rotatable bonds is 6. The Morgan fingerprint density at radius 2 is 1.44 bits per heavy atom. The highest BCUT2D eigenvalue weighted by Crippen LogP contribution is 2.24. The molecule has 1 atom stereocenters. The Kier molecular flexibility index (Phi) is 6.55. The fraction of sp³-hybridized carbons (Fsp3) is 0.194. The van der Waals surface area contributed by atoms with E-state index in [0.717, 1.165) is 37.2 Å². The molecular formula is C31H30N2O. The topological polar surface area (TPSA) is 32.3 Å². The highest BCUT2D eigenvalue weighted by molar-refractivity contribution is 5.94. The lowest BCUT2D eigenvalue weighted by Gasteiger charge is -2.28. The summed E-state index contributed by atoms with van der Waals surface area (Å²) in [6, 6.07) is 35.1. The van der Waals surface area contributed by atoms with E-state index in [1.54, 1.807) is 0 Å². The highest BCUT2D eigenvalue weighted by Gasteiger charge is 2.19. The fourth-order valence-electron chi connectivity index (χ4n) is 4.69. The number of aryl methyl sites for hydroxylation is 1. The Labute approximate surface area is 202 Å². The summed E-state index contributed by atoms with van der Waals surface area (Å²) >= 11 is 0. The number of hydrogen-bond donors (Lipinski definition) is 1. The summed E-state index contributed by atoms with van der Waals surface area (Å²) in [5, 5.41) is 3.25. The number of nitrogens with one attached hydrogen (secondary N) is 1. The molecule has 1 N–H and O–H groups in total. The minimum Gasteiger partial charge on any atom is -0.341 e. The monoisotopic (exact) mass is 446 g/mol. The van der Waals surface area contributed by atoms with Crippen molar-refractivity contribution in [1.82, 2.24) is 10.2 Å². The lowest BCUT2D eigenvalue weighted by Crippen LogP contribution is -2.30. The lowest BCUT2D eigenvalue weighted by molar-refractivity contribution is 0.0943. The molecule has 1 amide bonds. The first-order chi connectivity index (χ1) is 16.7. The number of carbonyl (C=O) groups is 1. The van der Waals surface area contributed by atoms with Gasteiger partial charge in [0.05, 0.1) is 6.04 Å². The molecule has 0 fully saturated rings. The third-order valence-electron chi connectivity index (χ3n) is 6.65. The van der Waals surface area contributed by atoms with Gasteiger partial charge in [-0.3, -0.25) is 9.69 Å². The second kappa shape index (κ2) is 10.1. The summed E-state index contributed by atoms with van der Waals surface area (Å²) in [5.74, 6) is -0.0622. The predicted octanol–water partition coefficient (Wildman–Crippen LogP) is 6.07. The molecule has 1 aliphatic rings. The van der Waals surface area contributed by atoms with E-state index >= 15 is 0 Å². The third kappa shape index (κ3) is 5.11. The number of hydrogen-bond acceptors (Lipinski definition) is 2. The van der Waals surface area contributed by atoms with E-state index < -0.39 is 0 Å². The second-order valence-corrected chi connectivity index (χ2v) is 9.15. The van der Waals surface area contributed by atoms with Crippen molar-refractivity contribution in [3.8, 4) is 0 Å². The summed E-state index contributed by atoms with van der Waals surface area (Å²) in [6.45, 7) is 5.01. The van der Waals surface area contributed by atoms with Gasteiger partial charge in [-0.2, -0.15) is 0 Å².